The van der Waals surface area contributed by atoms with Crippen LogP contribution in [-0.4, -0.2) is 5.91 Å². The molecule has 19 heavy (non-hydrogen) atoms. The summed E-state index contributed by atoms with van der Waals surface area (Å²) >= 11 is 5.00. The number of halogens is 1. The van der Waals surface area contributed by atoms with Gasteiger partial charge in [0, 0.05) is 26.0 Å². The number of carbonyl (C=O) groups excluding carboxylic acids is 1. The molecule has 0 spiro atoms. The number of rotatable bonds is 4. The lowest BCUT2D eigenvalue weighted by Crippen LogP contribution is -2.23. The van der Waals surface area contributed by atoms with Crippen LogP contribution >= 0.6 is 27.3 Å². The summed E-state index contributed by atoms with van der Waals surface area (Å²) in [5.74, 6) is 5.25. The van der Waals surface area contributed by atoms with Gasteiger partial charge in [-0.25, -0.2) is 0 Å². The van der Waals surface area contributed by atoms with Gasteiger partial charge >= 0.3 is 0 Å². The standard InChI is InChI=1S/C13H14BrN3OS/c1-8-4-10(17-15)2-3-12(8)13(18)16-6-11-5-9(14)7-19-11/h2-5,7,17H,6,15H2,1H3,(H,16,18). The number of nitrogen functional groups attached to an aromatic ring is 1. The minimum atomic E-state index is -0.0782. The molecule has 0 bridgehead atoms. The van der Waals surface area contributed by atoms with E-state index in [1.54, 1.807) is 23.5 Å². The first-order chi connectivity index (χ1) is 9.10. The third-order valence-electron chi connectivity index (χ3n) is 2.68. The summed E-state index contributed by atoms with van der Waals surface area (Å²) in [4.78, 5) is 13.2. The van der Waals surface area contributed by atoms with Crippen LogP contribution in [0.15, 0.2) is 34.1 Å². The zero-order chi connectivity index (χ0) is 13.8. The summed E-state index contributed by atoms with van der Waals surface area (Å²) in [6, 6.07) is 7.39. The molecule has 1 aromatic heterocycles. The van der Waals surface area contributed by atoms with Gasteiger partial charge in [0.05, 0.1) is 6.54 Å². The number of nitrogens with one attached hydrogen (secondary N) is 2. The molecule has 0 fully saturated rings. The normalized spacial score (nSPS) is 10.3. The van der Waals surface area contributed by atoms with E-state index in [0.29, 0.717) is 12.1 Å². The fourth-order valence-corrected chi connectivity index (χ4v) is 3.11. The van der Waals surface area contributed by atoms with Gasteiger partial charge in [-0.15, -0.1) is 11.3 Å². The summed E-state index contributed by atoms with van der Waals surface area (Å²) in [6.45, 7) is 2.42. The Hall–Kier alpha value is -1.37. The first kappa shape index (κ1) is 14.0. The lowest BCUT2D eigenvalue weighted by atomic mass is 10.1. The molecule has 100 valence electrons. The number of amides is 1. The Labute approximate surface area is 124 Å². The zero-order valence-electron chi connectivity index (χ0n) is 10.4. The van der Waals surface area contributed by atoms with Crippen molar-refractivity contribution in [2.45, 2.75) is 13.5 Å². The van der Waals surface area contributed by atoms with E-state index in [1.807, 2.05) is 24.4 Å². The predicted molar refractivity (Wildman–Crippen MR) is 82.2 cm³/mol. The van der Waals surface area contributed by atoms with Gasteiger partial charge in [0.2, 0.25) is 0 Å². The molecule has 2 aromatic rings. The van der Waals surface area contributed by atoms with E-state index in [1.165, 1.54) is 0 Å². The highest BCUT2D eigenvalue weighted by molar-refractivity contribution is 9.10. The number of anilines is 1. The minimum absolute atomic E-state index is 0.0782. The largest absolute Gasteiger partial charge is 0.347 e. The van der Waals surface area contributed by atoms with E-state index in [9.17, 15) is 4.79 Å². The van der Waals surface area contributed by atoms with Crippen LogP contribution in [0.2, 0.25) is 0 Å². The van der Waals surface area contributed by atoms with Crippen molar-refractivity contribution in [1.29, 1.82) is 0 Å². The zero-order valence-corrected chi connectivity index (χ0v) is 12.8. The highest BCUT2D eigenvalue weighted by Gasteiger charge is 2.09. The number of nitrogens with two attached hydrogens (primary N) is 1. The Morgan fingerprint density at radius 3 is 2.79 bits per heavy atom. The van der Waals surface area contributed by atoms with Crippen molar-refractivity contribution < 1.29 is 4.79 Å². The van der Waals surface area contributed by atoms with Crippen molar-refractivity contribution in [1.82, 2.24) is 5.32 Å². The molecule has 0 saturated carbocycles. The van der Waals surface area contributed by atoms with Crippen LogP contribution in [0.25, 0.3) is 0 Å². The number of hydrogen-bond donors (Lipinski definition) is 3. The number of carbonyl (C=O) groups is 1. The molecule has 0 saturated heterocycles. The number of benzene rings is 1. The third-order valence-corrected chi connectivity index (χ3v) is 4.38. The van der Waals surface area contributed by atoms with Gasteiger partial charge < -0.3 is 10.7 Å². The molecule has 1 heterocycles. The third kappa shape index (κ3) is 3.56. The van der Waals surface area contributed by atoms with Crippen molar-refractivity contribution in [2.75, 3.05) is 5.43 Å². The number of hydrogen-bond acceptors (Lipinski definition) is 4. The van der Waals surface area contributed by atoms with E-state index in [0.717, 1.165) is 20.6 Å². The van der Waals surface area contributed by atoms with E-state index in [-0.39, 0.29) is 5.91 Å². The summed E-state index contributed by atoms with van der Waals surface area (Å²) in [6.07, 6.45) is 0. The summed E-state index contributed by atoms with van der Waals surface area (Å²) in [5, 5.41) is 4.90. The molecule has 4 N–H and O–H groups in total. The Bertz CT molecular complexity index is 597. The quantitative estimate of drug-likeness (QED) is 0.592. The maximum absolute atomic E-state index is 12.1. The highest BCUT2D eigenvalue weighted by Crippen LogP contribution is 2.20. The molecule has 2 rings (SSSR count). The van der Waals surface area contributed by atoms with Crippen LogP contribution < -0.4 is 16.6 Å². The average Bonchev–Trinajstić information content (AvgIpc) is 2.81. The number of hydrazine groups is 1. The molecule has 0 aliphatic heterocycles. The topological polar surface area (TPSA) is 67.1 Å². The molecule has 0 unspecified atom stereocenters. The van der Waals surface area contributed by atoms with Crippen LogP contribution in [0.5, 0.6) is 0 Å². The van der Waals surface area contributed by atoms with E-state index in [2.05, 4.69) is 26.7 Å². The van der Waals surface area contributed by atoms with Crippen LogP contribution in [0.3, 0.4) is 0 Å². The molecule has 1 aromatic carbocycles. The maximum Gasteiger partial charge on any atom is 0.251 e. The van der Waals surface area contributed by atoms with Crippen molar-refractivity contribution in [3.63, 3.8) is 0 Å². The Kier molecular flexibility index (Phi) is 4.57. The molecule has 1 amide bonds. The van der Waals surface area contributed by atoms with Gasteiger partial charge in [0.1, 0.15) is 0 Å². The van der Waals surface area contributed by atoms with Crippen LogP contribution in [0.1, 0.15) is 20.8 Å². The molecule has 0 aliphatic rings. The summed E-state index contributed by atoms with van der Waals surface area (Å²) in [7, 11) is 0. The average molecular weight is 340 g/mol. The lowest BCUT2D eigenvalue weighted by molar-refractivity contribution is 0.0950. The van der Waals surface area contributed by atoms with Crippen LogP contribution in [-0.2, 0) is 6.54 Å². The van der Waals surface area contributed by atoms with Crippen molar-refractivity contribution in [3.8, 4) is 0 Å². The smallest absolute Gasteiger partial charge is 0.251 e. The molecule has 0 aliphatic carbocycles. The molecule has 6 heteroatoms. The van der Waals surface area contributed by atoms with Gasteiger partial charge in [-0.3, -0.25) is 10.6 Å². The monoisotopic (exact) mass is 339 g/mol. The molecular weight excluding hydrogens is 326 g/mol. The van der Waals surface area contributed by atoms with Gasteiger partial charge in [-0.2, -0.15) is 0 Å². The predicted octanol–water partition coefficient (Wildman–Crippen LogP) is 3.03. The SMILES string of the molecule is Cc1cc(NN)ccc1C(=O)NCc1cc(Br)cs1. The van der Waals surface area contributed by atoms with Crippen molar-refractivity contribution in [2.24, 2.45) is 5.84 Å². The molecular formula is C13H14BrN3OS. The lowest BCUT2D eigenvalue weighted by Gasteiger charge is -2.08. The second kappa shape index (κ2) is 6.18. The van der Waals surface area contributed by atoms with Gasteiger partial charge in [0.15, 0.2) is 0 Å². The van der Waals surface area contributed by atoms with Crippen molar-refractivity contribution in [3.05, 3.63) is 50.1 Å². The van der Waals surface area contributed by atoms with E-state index >= 15 is 0 Å². The number of thiophene rings is 1. The van der Waals surface area contributed by atoms with Crippen molar-refractivity contribution >= 4 is 38.9 Å². The second-order valence-electron chi connectivity index (χ2n) is 4.09. The van der Waals surface area contributed by atoms with E-state index < -0.39 is 0 Å². The van der Waals surface area contributed by atoms with E-state index in [4.69, 9.17) is 5.84 Å². The van der Waals surface area contributed by atoms with Gasteiger partial charge in [0.25, 0.3) is 5.91 Å². The minimum Gasteiger partial charge on any atom is -0.347 e. The maximum atomic E-state index is 12.1. The first-order valence-corrected chi connectivity index (χ1v) is 7.36. The van der Waals surface area contributed by atoms with Gasteiger partial charge in [-0.1, -0.05) is 0 Å². The molecule has 0 atom stereocenters. The highest BCUT2D eigenvalue weighted by atomic mass is 79.9. The first-order valence-electron chi connectivity index (χ1n) is 5.68. The summed E-state index contributed by atoms with van der Waals surface area (Å²) in [5.41, 5.74) is 4.90. The second-order valence-corrected chi connectivity index (χ2v) is 6.00. The Balaban J connectivity index is 2.03. The fourth-order valence-electron chi connectivity index (χ4n) is 1.72. The number of aryl methyl sites for hydroxylation is 1. The Morgan fingerprint density at radius 1 is 1.42 bits per heavy atom. The van der Waals surface area contributed by atoms with Gasteiger partial charge in [-0.05, 0) is 52.7 Å². The van der Waals surface area contributed by atoms with Crippen LogP contribution in [0, 0.1) is 6.92 Å². The van der Waals surface area contributed by atoms with Crippen LogP contribution in [0.4, 0.5) is 5.69 Å². The summed E-state index contributed by atoms with van der Waals surface area (Å²) < 4.78 is 1.04. The fraction of sp³-hybridized carbons (Fsp3) is 0.154. The Morgan fingerprint density at radius 2 is 2.21 bits per heavy atom. The molecule has 0 radical (unpaired) electrons. The molecule has 4 nitrogen and oxygen atoms in total.